The molecular formula is C19H19FN4O3S. The topological polar surface area (TPSA) is 118 Å². The van der Waals surface area contributed by atoms with Crippen molar-refractivity contribution in [1.82, 2.24) is 14.7 Å². The van der Waals surface area contributed by atoms with Crippen molar-refractivity contribution in [3.05, 3.63) is 60.7 Å². The number of hydrogen-bond acceptors (Lipinski definition) is 6. The molecule has 28 heavy (non-hydrogen) atoms. The summed E-state index contributed by atoms with van der Waals surface area (Å²) in [5.41, 5.74) is 6.37. The zero-order valence-corrected chi connectivity index (χ0v) is 15.8. The number of nitrogens with two attached hydrogens (primary N) is 1. The van der Waals surface area contributed by atoms with E-state index in [1.807, 2.05) is 0 Å². The standard InChI is InChI=1S/C19H19FN4O3S/c1-12(11-25)24-28(26,27)19-14(13-5-3-2-4-6-13)7-8-15(18(19)20)16-9-23-17(21)10-22-16/h2-10,12,24-25H,11H2,1H3,(H2,21,23)/t12-/m1/s1. The minimum Gasteiger partial charge on any atom is -0.395 e. The molecule has 0 radical (unpaired) electrons. The fourth-order valence-corrected chi connectivity index (χ4v) is 4.24. The lowest BCUT2D eigenvalue weighted by Gasteiger charge is -2.17. The molecule has 0 spiro atoms. The Hall–Kier alpha value is -2.88. The van der Waals surface area contributed by atoms with E-state index in [2.05, 4.69) is 14.7 Å². The van der Waals surface area contributed by atoms with Gasteiger partial charge in [-0.3, -0.25) is 4.98 Å². The van der Waals surface area contributed by atoms with Crippen molar-refractivity contribution in [3.63, 3.8) is 0 Å². The first kappa shape index (κ1) is 19.9. The zero-order chi connectivity index (χ0) is 20.3. The lowest BCUT2D eigenvalue weighted by atomic mass is 10.0. The van der Waals surface area contributed by atoms with Gasteiger partial charge in [0.1, 0.15) is 10.7 Å². The third-order valence-electron chi connectivity index (χ3n) is 4.03. The highest BCUT2D eigenvalue weighted by molar-refractivity contribution is 7.89. The number of nitrogens with one attached hydrogen (secondary N) is 1. The molecule has 0 aliphatic carbocycles. The molecule has 0 saturated heterocycles. The number of nitrogen functional groups attached to an aromatic ring is 1. The van der Waals surface area contributed by atoms with E-state index in [1.54, 1.807) is 30.3 Å². The quantitative estimate of drug-likeness (QED) is 0.582. The summed E-state index contributed by atoms with van der Waals surface area (Å²) >= 11 is 0. The fraction of sp³-hybridized carbons (Fsp3) is 0.158. The molecule has 0 fully saturated rings. The molecule has 0 amide bonds. The minimum atomic E-state index is -4.28. The van der Waals surface area contributed by atoms with Gasteiger partial charge in [-0.2, -0.15) is 0 Å². The van der Waals surface area contributed by atoms with Crippen LogP contribution >= 0.6 is 0 Å². The molecule has 0 aliphatic rings. The predicted octanol–water partition coefficient (Wildman–Crippen LogP) is 2.19. The monoisotopic (exact) mass is 402 g/mol. The summed E-state index contributed by atoms with van der Waals surface area (Å²) in [7, 11) is -4.28. The molecule has 1 heterocycles. The van der Waals surface area contributed by atoms with Crippen LogP contribution in [0.3, 0.4) is 0 Å². The Morgan fingerprint density at radius 2 is 1.79 bits per heavy atom. The van der Waals surface area contributed by atoms with E-state index in [-0.39, 0.29) is 22.6 Å². The first-order valence-corrected chi connectivity index (χ1v) is 9.91. The van der Waals surface area contributed by atoms with Gasteiger partial charge in [-0.1, -0.05) is 36.4 Å². The van der Waals surface area contributed by atoms with Crippen LogP contribution in [0, 0.1) is 5.82 Å². The maximum Gasteiger partial charge on any atom is 0.244 e. The van der Waals surface area contributed by atoms with Crippen LogP contribution in [0.1, 0.15) is 6.92 Å². The third-order valence-corrected chi connectivity index (χ3v) is 5.68. The summed E-state index contributed by atoms with van der Waals surface area (Å²) < 4.78 is 43.6. The van der Waals surface area contributed by atoms with E-state index in [1.165, 1.54) is 31.5 Å². The Balaban J connectivity index is 2.25. The highest BCUT2D eigenvalue weighted by atomic mass is 32.2. The molecule has 0 aliphatic heterocycles. The molecule has 1 aromatic heterocycles. The molecule has 0 unspecified atom stereocenters. The first-order valence-electron chi connectivity index (χ1n) is 8.42. The van der Waals surface area contributed by atoms with Gasteiger partial charge < -0.3 is 10.8 Å². The normalized spacial score (nSPS) is 12.7. The smallest absolute Gasteiger partial charge is 0.244 e. The summed E-state index contributed by atoms with van der Waals surface area (Å²) in [4.78, 5) is 7.39. The van der Waals surface area contributed by atoms with Gasteiger partial charge in [-0.05, 0) is 18.6 Å². The second-order valence-corrected chi connectivity index (χ2v) is 7.85. The van der Waals surface area contributed by atoms with Crippen LogP contribution < -0.4 is 10.5 Å². The van der Waals surface area contributed by atoms with E-state index in [9.17, 15) is 13.5 Å². The number of anilines is 1. The van der Waals surface area contributed by atoms with Crippen LogP contribution in [-0.2, 0) is 10.0 Å². The van der Waals surface area contributed by atoms with E-state index < -0.39 is 33.4 Å². The van der Waals surface area contributed by atoms with Crippen molar-refractivity contribution in [2.75, 3.05) is 12.3 Å². The molecule has 2 aromatic carbocycles. The fourth-order valence-electron chi connectivity index (χ4n) is 2.70. The number of sulfonamides is 1. The number of aliphatic hydroxyl groups is 1. The number of halogens is 1. The molecule has 1 atom stereocenters. The summed E-state index contributed by atoms with van der Waals surface area (Å²) in [6, 6.07) is 10.8. The van der Waals surface area contributed by atoms with Crippen LogP contribution in [-0.4, -0.2) is 36.1 Å². The van der Waals surface area contributed by atoms with Crippen molar-refractivity contribution >= 4 is 15.8 Å². The van der Waals surface area contributed by atoms with Gasteiger partial charge in [0.25, 0.3) is 0 Å². The van der Waals surface area contributed by atoms with Crippen molar-refractivity contribution in [2.45, 2.75) is 17.9 Å². The van der Waals surface area contributed by atoms with E-state index >= 15 is 4.39 Å². The molecule has 9 heteroatoms. The van der Waals surface area contributed by atoms with Crippen LogP contribution in [0.2, 0.25) is 0 Å². The Morgan fingerprint density at radius 3 is 2.39 bits per heavy atom. The van der Waals surface area contributed by atoms with Crippen LogP contribution in [0.5, 0.6) is 0 Å². The number of nitrogens with zero attached hydrogens (tertiary/aromatic N) is 2. The van der Waals surface area contributed by atoms with Gasteiger partial charge >= 0.3 is 0 Å². The number of aromatic nitrogens is 2. The van der Waals surface area contributed by atoms with Crippen molar-refractivity contribution in [3.8, 4) is 22.4 Å². The highest BCUT2D eigenvalue weighted by Crippen LogP contribution is 2.34. The number of benzene rings is 2. The number of aliphatic hydroxyl groups excluding tert-OH is 1. The second kappa shape index (κ2) is 8.01. The van der Waals surface area contributed by atoms with E-state index in [4.69, 9.17) is 5.73 Å². The van der Waals surface area contributed by atoms with Crippen molar-refractivity contribution in [1.29, 1.82) is 0 Å². The summed E-state index contributed by atoms with van der Waals surface area (Å²) in [6.45, 7) is 1.05. The SMILES string of the molecule is C[C@H](CO)NS(=O)(=O)c1c(-c2ccccc2)ccc(-c2cnc(N)cn2)c1F. The molecule has 0 saturated carbocycles. The largest absolute Gasteiger partial charge is 0.395 e. The van der Waals surface area contributed by atoms with Gasteiger partial charge in [0.15, 0.2) is 5.82 Å². The number of rotatable bonds is 6. The second-order valence-electron chi connectivity index (χ2n) is 6.20. The molecule has 0 bridgehead atoms. The highest BCUT2D eigenvalue weighted by Gasteiger charge is 2.28. The predicted molar refractivity (Wildman–Crippen MR) is 104 cm³/mol. The maximum atomic E-state index is 15.5. The minimum absolute atomic E-state index is 0.0239. The van der Waals surface area contributed by atoms with Crippen molar-refractivity contribution < 1.29 is 17.9 Å². The summed E-state index contributed by atoms with van der Waals surface area (Å²) in [5, 5.41) is 9.21. The van der Waals surface area contributed by atoms with Crippen LogP contribution in [0.15, 0.2) is 59.8 Å². The molecule has 4 N–H and O–H groups in total. The molecule has 146 valence electrons. The van der Waals surface area contributed by atoms with E-state index in [0.29, 0.717) is 5.56 Å². The van der Waals surface area contributed by atoms with Gasteiger partial charge in [0.2, 0.25) is 10.0 Å². The first-order chi connectivity index (χ1) is 13.3. The average Bonchev–Trinajstić information content (AvgIpc) is 2.68. The Kier molecular flexibility index (Phi) is 5.68. The van der Waals surface area contributed by atoms with E-state index in [0.717, 1.165) is 0 Å². The van der Waals surface area contributed by atoms with Gasteiger partial charge in [0, 0.05) is 17.2 Å². The maximum absolute atomic E-state index is 15.5. The average molecular weight is 402 g/mol. The Morgan fingerprint density at radius 1 is 1.11 bits per heavy atom. The zero-order valence-electron chi connectivity index (χ0n) is 15.0. The molecule has 7 nitrogen and oxygen atoms in total. The summed E-state index contributed by atoms with van der Waals surface area (Å²) in [5.74, 6) is -0.797. The lowest BCUT2D eigenvalue weighted by Crippen LogP contribution is -2.35. The van der Waals surface area contributed by atoms with Gasteiger partial charge in [-0.25, -0.2) is 22.5 Å². The van der Waals surface area contributed by atoms with Crippen molar-refractivity contribution in [2.24, 2.45) is 0 Å². The van der Waals surface area contributed by atoms with Gasteiger partial charge in [-0.15, -0.1) is 0 Å². The number of hydrogen-bond donors (Lipinski definition) is 3. The molecular weight excluding hydrogens is 383 g/mol. The van der Waals surface area contributed by atoms with Crippen LogP contribution in [0.25, 0.3) is 22.4 Å². The van der Waals surface area contributed by atoms with Gasteiger partial charge in [0.05, 0.1) is 24.7 Å². The lowest BCUT2D eigenvalue weighted by molar-refractivity contribution is 0.265. The molecule has 3 aromatic rings. The Labute approximate surface area is 162 Å². The summed E-state index contributed by atoms with van der Waals surface area (Å²) in [6.07, 6.45) is 2.54. The molecule has 3 rings (SSSR count). The van der Waals surface area contributed by atoms with Crippen LogP contribution in [0.4, 0.5) is 10.2 Å². The Bertz CT molecular complexity index is 1070. The third kappa shape index (κ3) is 4.01.